The van der Waals surface area contributed by atoms with Crippen LogP contribution in [-0.2, 0) is 4.74 Å². The maximum absolute atomic E-state index is 11.7. The molecule has 0 aliphatic heterocycles. The van der Waals surface area contributed by atoms with Gasteiger partial charge in [-0.3, -0.25) is 0 Å². The summed E-state index contributed by atoms with van der Waals surface area (Å²) in [5.74, 6) is 0.253. The predicted octanol–water partition coefficient (Wildman–Crippen LogP) is 3.00. The van der Waals surface area contributed by atoms with E-state index in [2.05, 4.69) is 4.98 Å². The largest absolute Gasteiger partial charge is 0.462 e. The van der Waals surface area contributed by atoms with Crippen LogP contribution in [0, 0.1) is 6.92 Å². The topological polar surface area (TPSA) is 74.4 Å². The summed E-state index contributed by atoms with van der Waals surface area (Å²) >= 11 is 1.17. The van der Waals surface area contributed by atoms with Gasteiger partial charge in [0.15, 0.2) is 0 Å². The highest BCUT2D eigenvalue weighted by Gasteiger charge is 2.17. The molecule has 0 spiro atoms. The van der Waals surface area contributed by atoms with Crippen LogP contribution < -0.4 is 10.5 Å². The molecular weight excluding hydrogens is 264 g/mol. The van der Waals surface area contributed by atoms with Gasteiger partial charge in [0.05, 0.1) is 12.3 Å². The van der Waals surface area contributed by atoms with Crippen molar-refractivity contribution in [2.24, 2.45) is 0 Å². The molecule has 0 saturated heterocycles. The second-order valence-corrected chi connectivity index (χ2v) is 4.75. The van der Waals surface area contributed by atoms with E-state index in [9.17, 15) is 4.79 Å². The number of esters is 1. The number of carbonyl (C=O) groups is 1. The number of hydrogen-bond donors (Lipinski definition) is 1. The van der Waals surface area contributed by atoms with Crippen molar-refractivity contribution in [3.05, 3.63) is 34.8 Å². The number of nitrogens with two attached hydrogens (primary N) is 1. The van der Waals surface area contributed by atoms with Crippen molar-refractivity contribution in [1.29, 1.82) is 0 Å². The highest BCUT2D eigenvalue weighted by Crippen LogP contribution is 2.29. The Morgan fingerprint density at radius 3 is 2.68 bits per heavy atom. The Morgan fingerprint density at radius 1 is 1.37 bits per heavy atom. The fourth-order valence-corrected chi connectivity index (χ4v) is 2.27. The number of carbonyl (C=O) groups excluding carboxylic acids is 1. The lowest BCUT2D eigenvalue weighted by Crippen LogP contribution is -2.03. The van der Waals surface area contributed by atoms with E-state index in [1.165, 1.54) is 11.3 Å². The maximum atomic E-state index is 11.7. The van der Waals surface area contributed by atoms with E-state index in [1.54, 1.807) is 38.1 Å². The summed E-state index contributed by atoms with van der Waals surface area (Å²) in [6.07, 6.45) is 0. The van der Waals surface area contributed by atoms with Crippen LogP contribution in [0.5, 0.6) is 10.9 Å². The maximum Gasteiger partial charge on any atom is 0.350 e. The van der Waals surface area contributed by atoms with Crippen LogP contribution >= 0.6 is 11.3 Å². The van der Waals surface area contributed by atoms with Crippen molar-refractivity contribution < 1.29 is 14.3 Å². The van der Waals surface area contributed by atoms with Crippen LogP contribution in [0.15, 0.2) is 24.3 Å². The average molecular weight is 278 g/mol. The highest BCUT2D eigenvalue weighted by molar-refractivity contribution is 7.15. The monoisotopic (exact) mass is 278 g/mol. The summed E-state index contributed by atoms with van der Waals surface area (Å²) in [5, 5.41) is 0.408. The zero-order chi connectivity index (χ0) is 13.8. The van der Waals surface area contributed by atoms with E-state index in [1.807, 2.05) is 0 Å². The average Bonchev–Trinajstić information content (AvgIpc) is 2.74. The molecule has 5 nitrogen and oxygen atoms in total. The van der Waals surface area contributed by atoms with E-state index < -0.39 is 0 Å². The smallest absolute Gasteiger partial charge is 0.350 e. The van der Waals surface area contributed by atoms with Crippen LogP contribution in [0.25, 0.3) is 0 Å². The molecule has 0 amide bonds. The summed E-state index contributed by atoms with van der Waals surface area (Å²) in [7, 11) is 0. The molecule has 1 heterocycles. The van der Waals surface area contributed by atoms with Crippen molar-refractivity contribution in [3.63, 3.8) is 0 Å². The van der Waals surface area contributed by atoms with Crippen molar-refractivity contribution >= 4 is 23.0 Å². The number of hydrogen-bond acceptors (Lipinski definition) is 6. The van der Waals surface area contributed by atoms with E-state index in [0.717, 1.165) is 0 Å². The summed E-state index contributed by atoms with van der Waals surface area (Å²) in [6.45, 7) is 3.85. The number of ether oxygens (including phenoxy) is 2. The molecule has 0 aliphatic rings. The van der Waals surface area contributed by atoms with Crippen molar-refractivity contribution in [2.75, 3.05) is 12.3 Å². The zero-order valence-corrected chi connectivity index (χ0v) is 11.5. The van der Waals surface area contributed by atoms with Crippen LogP contribution in [0.4, 0.5) is 5.69 Å². The molecule has 6 heteroatoms. The second-order valence-electron chi connectivity index (χ2n) is 3.79. The van der Waals surface area contributed by atoms with Gasteiger partial charge in [0.25, 0.3) is 5.19 Å². The highest BCUT2D eigenvalue weighted by atomic mass is 32.1. The third-order valence-corrected chi connectivity index (χ3v) is 3.34. The van der Waals surface area contributed by atoms with Crippen molar-refractivity contribution in [1.82, 2.24) is 4.98 Å². The first-order chi connectivity index (χ1) is 9.10. The van der Waals surface area contributed by atoms with Gasteiger partial charge in [-0.25, -0.2) is 9.78 Å². The molecule has 19 heavy (non-hydrogen) atoms. The zero-order valence-electron chi connectivity index (χ0n) is 10.7. The van der Waals surface area contributed by atoms with Gasteiger partial charge in [-0.15, -0.1) is 0 Å². The molecule has 2 N–H and O–H groups in total. The van der Waals surface area contributed by atoms with Crippen LogP contribution in [0.1, 0.15) is 22.3 Å². The molecule has 0 unspecified atom stereocenters. The Labute approximate surface area is 115 Å². The summed E-state index contributed by atoms with van der Waals surface area (Å²) < 4.78 is 10.5. The fraction of sp³-hybridized carbons (Fsp3) is 0.231. The van der Waals surface area contributed by atoms with Crippen LogP contribution in [0.3, 0.4) is 0 Å². The molecule has 1 aromatic heterocycles. The van der Waals surface area contributed by atoms with Gasteiger partial charge in [0.2, 0.25) is 0 Å². The number of rotatable bonds is 4. The number of benzene rings is 1. The van der Waals surface area contributed by atoms with Gasteiger partial charge >= 0.3 is 5.97 Å². The molecule has 0 bridgehead atoms. The lowest BCUT2D eigenvalue weighted by molar-refractivity contribution is 0.0531. The summed E-state index contributed by atoms with van der Waals surface area (Å²) in [5.41, 5.74) is 6.86. The van der Waals surface area contributed by atoms with Crippen molar-refractivity contribution in [3.8, 4) is 10.9 Å². The van der Waals surface area contributed by atoms with Gasteiger partial charge in [-0.1, -0.05) is 11.3 Å². The number of aryl methyl sites for hydroxylation is 1. The number of nitrogens with zero attached hydrogens (tertiary/aromatic N) is 1. The molecule has 2 aromatic rings. The summed E-state index contributed by atoms with van der Waals surface area (Å²) in [6, 6.07) is 6.97. The third kappa shape index (κ3) is 3.23. The Bertz CT molecular complexity index is 578. The van der Waals surface area contributed by atoms with E-state index in [4.69, 9.17) is 15.2 Å². The minimum absolute atomic E-state index is 0.338. The molecule has 0 fully saturated rings. The minimum atomic E-state index is -0.371. The Balaban J connectivity index is 2.16. The molecule has 0 atom stereocenters. The lowest BCUT2D eigenvalue weighted by atomic mass is 10.3. The van der Waals surface area contributed by atoms with Gasteiger partial charge < -0.3 is 15.2 Å². The number of nitrogen functional groups attached to an aromatic ring is 1. The molecule has 0 radical (unpaired) electrons. The Morgan fingerprint density at radius 2 is 2.05 bits per heavy atom. The second kappa shape index (κ2) is 5.71. The standard InChI is InChI=1S/C13H14N2O3S/c1-3-17-12(16)11-8(2)15-13(19-11)18-10-6-4-9(14)5-7-10/h4-7H,3,14H2,1-2H3. The van der Waals surface area contributed by atoms with Gasteiger partial charge in [-0.2, -0.15) is 0 Å². The molecular formula is C13H14N2O3S. The van der Waals surface area contributed by atoms with Crippen LogP contribution in [0.2, 0.25) is 0 Å². The quantitative estimate of drug-likeness (QED) is 0.687. The molecule has 0 saturated carbocycles. The minimum Gasteiger partial charge on any atom is -0.462 e. The fourth-order valence-electron chi connectivity index (χ4n) is 1.44. The van der Waals surface area contributed by atoms with Crippen molar-refractivity contribution in [2.45, 2.75) is 13.8 Å². The number of thiazole rings is 1. The van der Waals surface area contributed by atoms with Gasteiger partial charge in [0, 0.05) is 5.69 Å². The van der Waals surface area contributed by atoms with Crippen LogP contribution in [-0.4, -0.2) is 17.6 Å². The summed E-state index contributed by atoms with van der Waals surface area (Å²) in [4.78, 5) is 16.3. The van der Waals surface area contributed by atoms with E-state index in [-0.39, 0.29) is 5.97 Å². The van der Waals surface area contributed by atoms with Gasteiger partial charge in [0.1, 0.15) is 10.6 Å². The number of aromatic nitrogens is 1. The SMILES string of the molecule is CCOC(=O)c1sc(Oc2ccc(N)cc2)nc1C. The van der Waals surface area contributed by atoms with E-state index in [0.29, 0.717) is 33.8 Å². The predicted molar refractivity (Wildman–Crippen MR) is 73.7 cm³/mol. The third-order valence-electron chi connectivity index (χ3n) is 2.32. The van der Waals surface area contributed by atoms with E-state index >= 15 is 0 Å². The number of anilines is 1. The lowest BCUT2D eigenvalue weighted by Gasteiger charge is -2.01. The first-order valence-electron chi connectivity index (χ1n) is 5.78. The molecule has 2 rings (SSSR count). The first kappa shape index (κ1) is 13.4. The Hall–Kier alpha value is -2.08. The van der Waals surface area contributed by atoms with Gasteiger partial charge in [-0.05, 0) is 38.1 Å². The molecule has 0 aliphatic carbocycles. The normalized spacial score (nSPS) is 10.2. The Kier molecular flexibility index (Phi) is 4.01. The first-order valence-corrected chi connectivity index (χ1v) is 6.59. The molecule has 100 valence electrons. The molecule has 1 aromatic carbocycles.